The SMILES string of the molecule is O=C(N[C@H](Cn1ccnc1)c1ccccc1)c1cn(C/C=C/c2ccccc2)nn1. The van der Waals surface area contributed by atoms with E-state index in [-0.39, 0.29) is 17.6 Å². The molecule has 0 unspecified atom stereocenters. The molecule has 4 rings (SSSR count). The van der Waals surface area contributed by atoms with Gasteiger partial charge in [-0.15, -0.1) is 5.10 Å². The van der Waals surface area contributed by atoms with Gasteiger partial charge in [-0.3, -0.25) is 4.79 Å². The first-order valence-corrected chi connectivity index (χ1v) is 9.71. The molecule has 0 aliphatic rings. The van der Waals surface area contributed by atoms with Crippen LogP contribution in [0.2, 0.25) is 0 Å². The lowest BCUT2D eigenvalue weighted by Crippen LogP contribution is -2.31. The van der Waals surface area contributed by atoms with Crippen LogP contribution >= 0.6 is 0 Å². The van der Waals surface area contributed by atoms with Crippen molar-refractivity contribution in [2.75, 3.05) is 0 Å². The fraction of sp³-hybridized carbons (Fsp3) is 0.130. The molecule has 0 saturated heterocycles. The van der Waals surface area contributed by atoms with Crippen molar-refractivity contribution in [2.45, 2.75) is 19.1 Å². The van der Waals surface area contributed by atoms with Crippen LogP contribution in [0.4, 0.5) is 0 Å². The highest BCUT2D eigenvalue weighted by Crippen LogP contribution is 2.15. The topological polar surface area (TPSA) is 77.6 Å². The number of amides is 1. The summed E-state index contributed by atoms with van der Waals surface area (Å²) in [6.07, 6.45) is 11.0. The van der Waals surface area contributed by atoms with E-state index in [9.17, 15) is 4.79 Å². The Morgan fingerprint density at radius 3 is 2.57 bits per heavy atom. The lowest BCUT2D eigenvalue weighted by molar-refractivity contribution is 0.0927. The lowest BCUT2D eigenvalue weighted by atomic mass is 10.1. The second-order valence-corrected chi connectivity index (χ2v) is 6.84. The van der Waals surface area contributed by atoms with E-state index in [0.717, 1.165) is 11.1 Å². The molecule has 0 bridgehead atoms. The van der Waals surface area contributed by atoms with E-state index in [4.69, 9.17) is 0 Å². The van der Waals surface area contributed by atoms with Crippen molar-refractivity contribution in [2.24, 2.45) is 0 Å². The fourth-order valence-electron chi connectivity index (χ4n) is 3.11. The summed E-state index contributed by atoms with van der Waals surface area (Å²) in [5, 5.41) is 11.2. The van der Waals surface area contributed by atoms with Crippen LogP contribution in [0.25, 0.3) is 6.08 Å². The number of aromatic nitrogens is 5. The van der Waals surface area contributed by atoms with Gasteiger partial charge in [-0.25, -0.2) is 9.67 Å². The summed E-state index contributed by atoms with van der Waals surface area (Å²) in [4.78, 5) is 16.9. The van der Waals surface area contributed by atoms with Crippen molar-refractivity contribution in [3.8, 4) is 0 Å². The zero-order valence-electron chi connectivity index (χ0n) is 16.4. The van der Waals surface area contributed by atoms with Crippen LogP contribution in [-0.4, -0.2) is 30.5 Å². The van der Waals surface area contributed by atoms with Crippen molar-refractivity contribution in [1.29, 1.82) is 0 Å². The zero-order chi connectivity index (χ0) is 20.6. The van der Waals surface area contributed by atoms with Gasteiger partial charge in [-0.1, -0.05) is 78.0 Å². The molecule has 2 heterocycles. The third kappa shape index (κ3) is 5.08. The number of nitrogens with zero attached hydrogens (tertiary/aromatic N) is 5. The average molecular weight is 398 g/mol. The first-order chi connectivity index (χ1) is 14.8. The van der Waals surface area contributed by atoms with E-state index < -0.39 is 0 Å². The smallest absolute Gasteiger partial charge is 0.274 e. The second-order valence-electron chi connectivity index (χ2n) is 6.84. The Bertz CT molecular complexity index is 1090. The summed E-state index contributed by atoms with van der Waals surface area (Å²) in [5.74, 6) is -0.262. The molecule has 0 radical (unpaired) electrons. The summed E-state index contributed by atoms with van der Waals surface area (Å²) in [7, 11) is 0. The molecule has 0 fully saturated rings. The highest BCUT2D eigenvalue weighted by Gasteiger charge is 2.18. The third-order valence-electron chi connectivity index (χ3n) is 4.63. The quantitative estimate of drug-likeness (QED) is 0.494. The minimum absolute atomic E-state index is 0.212. The van der Waals surface area contributed by atoms with Crippen LogP contribution in [0.3, 0.4) is 0 Å². The van der Waals surface area contributed by atoms with Gasteiger partial charge < -0.3 is 9.88 Å². The predicted octanol–water partition coefficient (Wildman–Crippen LogP) is 3.36. The van der Waals surface area contributed by atoms with E-state index >= 15 is 0 Å². The highest BCUT2D eigenvalue weighted by atomic mass is 16.2. The summed E-state index contributed by atoms with van der Waals surface area (Å²) in [6.45, 7) is 1.11. The minimum Gasteiger partial charge on any atom is -0.342 e. The number of hydrogen-bond donors (Lipinski definition) is 1. The maximum absolute atomic E-state index is 12.8. The molecule has 2 aromatic carbocycles. The fourth-order valence-corrected chi connectivity index (χ4v) is 3.11. The molecule has 1 N–H and O–H groups in total. The Kier molecular flexibility index (Phi) is 6.10. The van der Waals surface area contributed by atoms with E-state index in [0.29, 0.717) is 13.1 Å². The molecule has 0 aliphatic heterocycles. The molecule has 1 atom stereocenters. The maximum Gasteiger partial charge on any atom is 0.274 e. The molecule has 30 heavy (non-hydrogen) atoms. The van der Waals surface area contributed by atoms with E-state index in [1.165, 1.54) is 0 Å². The molecule has 7 heteroatoms. The normalized spacial score (nSPS) is 12.1. The first kappa shape index (κ1) is 19.3. The number of nitrogens with one attached hydrogen (secondary N) is 1. The molecule has 0 aliphatic carbocycles. The van der Waals surface area contributed by atoms with Crippen molar-refractivity contribution in [3.63, 3.8) is 0 Å². The maximum atomic E-state index is 12.8. The van der Waals surface area contributed by atoms with Crippen molar-refractivity contribution >= 4 is 12.0 Å². The van der Waals surface area contributed by atoms with E-state index in [1.807, 2.05) is 83.6 Å². The molecular formula is C23H22N6O. The lowest BCUT2D eigenvalue weighted by Gasteiger charge is -2.19. The van der Waals surface area contributed by atoms with Crippen molar-refractivity contribution in [3.05, 3.63) is 108 Å². The van der Waals surface area contributed by atoms with Crippen LogP contribution in [-0.2, 0) is 13.1 Å². The molecule has 0 saturated carbocycles. The predicted molar refractivity (Wildman–Crippen MR) is 114 cm³/mol. The van der Waals surface area contributed by atoms with Gasteiger partial charge in [0.1, 0.15) is 0 Å². The van der Waals surface area contributed by atoms with Gasteiger partial charge in [0.15, 0.2) is 5.69 Å². The van der Waals surface area contributed by atoms with Gasteiger partial charge in [-0.05, 0) is 11.1 Å². The number of carbonyl (C=O) groups is 1. The Morgan fingerprint density at radius 1 is 1.07 bits per heavy atom. The summed E-state index contributed by atoms with van der Waals surface area (Å²) in [5.41, 5.74) is 2.41. The number of carbonyl (C=O) groups excluding carboxylic acids is 1. The van der Waals surface area contributed by atoms with Gasteiger partial charge >= 0.3 is 0 Å². The molecule has 1 amide bonds. The number of rotatable bonds is 8. The van der Waals surface area contributed by atoms with Crippen LogP contribution in [0, 0.1) is 0 Å². The monoisotopic (exact) mass is 398 g/mol. The Hall–Kier alpha value is -4.00. The van der Waals surface area contributed by atoms with Crippen molar-refractivity contribution in [1.82, 2.24) is 29.9 Å². The standard InChI is InChI=1S/C23H22N6O/c30-23(22-17-29(27-26-22)14-7-10-19-8-3-1-4-9-19)25-21(16-28-15-13-24-18-28)20-11-5-2-6-12-20/h1-13,15,17-18,21H,14,16H2,(H,25,30)/b10-7+/t21-/m1/s1. The van der Waals surface area contributed by atoms with Crippen LogP contribution in [0.5, 0.6) is 0 Å². The minimum atomic E-state index is -0.262. The van der Waals surface area contributed by atoms with Crippen LogP contribution in [0.15, 0.2) is 91.7 Å². The number of allylic oxidation sites excluding steroid dienone is 1. The second kappa shape index (κ2) is 9.47. The van der Waals surface area contributed by atoms with Gasteiger partial charge in [-0.2, -0.15) is 0 Å². The van der Waals surface area contributed by atoms with Gasteiger partial charge in [0, 0.05) is 18.9 Å². The highest BCUT2D eigenvalue weighted by molar-refractivity contribution is 5.92. The summed E-state index contributed by atoms with van der Waals surface area (Å²) >= 11 is 0. The van der Waals surface area contributed by atoms with Crippen molar-refractivity contribution < 1.29 is 4.79 Å². The first-order valence-electron chi connectivity index (χ1n) is 9.71. The average Bonchev–Trinajstić information content (AvgIpc) is 3.47. The Morgan fingerprint density at radius 2 is 1.83 bits per heavy atom. The summed E-state index contributed by atoms with van der Waals surface area (Å²) in [6, 6.07) is 19.7. The molecule has 4 aromatic rings. The Labute approximate surface area is 174 Å². The van der Waals surface area contributed by atoms with Crippen LogP contribution in [0.1, 0.15) is 27.7 Å². The van der Waals surface area contributed by atoms with Gasteiger partial charge in [0.25, 0.3) is 5.91 Å². The van der Waals surface area contributed by atoms with Gasteiger partial charge in [0.05, 0.1) is 25.1 Å². The number of hydrogen-bond acceptors (Lipinski definition) is 4. The van der Waals surface area contributed by atoms with E-state index in [1.54, 1.807) is 23.4 Å². The van der Waals surface area contributed by atoms with Gasteiger partial charge in [0.2, 0.25) is 0 Å². The molecule has 150 valence electrons. The third-order valence-corrected chi connectivity index (χ3v) is 4.63. The Balaban J connectivity index is 1.42. The van der Waals surface area contributed by atoms with Crippen LogP contribution < -0.4 is 5.32 Å². The van der Waals surface area contributed by atoms with E-state index in [2.05, 4.69) is 20.6 Å². The molecule has 2 aromatic heterocycles. The number of benzene rings is 2. The zero-order valence-corrected chi connectivity index (χ0v) is 16.4. The largest absolute Gasteiger partial charge is 0.342 e. The molecular weight excluding hydrogens is 376 g/mol. The number of imidazole rings is 1. The molecule has 7 nitrogen and oxygen atoms in total. The summed E-state index contributed by atoms with van der Waals surface area (Å²) < 4.78 is 3.57. The molecule has 0 spiro atoms.